The summed E-state index contributed by atoms with van der Waals surface area (Å²) in [6.07, 6.45) is 4.57. The van der Waals surface area contributed by atoms with Crippen LogP contribution in [0.2, 0.25) is 0 Å². The molecule has 0 aromatic carbocycles. The summed E-state index contributed by atoms with van der Waals surface area (Å²) in [4.78, 5) is 1.54. The normalized spacial score (nSPS) is 19.9. The van der Waals surface area contributed by atoms with E-state index in [-0.39, 0.29) is 6.04 Å². The van der Waals surface area contributed by atoms with Gasteiger partial charge < -0.3 is 5.73 Å². The van der Waals surface area contributed by atoms with E-state index in [1.165, 1.54) is 35.4 Å². The molecule has 0 spiro atoms. The first-order valence-corrected chi connectivity index (χ1v) is 8.75. The van der Waals surface area contributed by atoms with E-state index in [4.69, 9.17) is 5.73 Å². The summed E-state index contributed by atoms with van der Waals surface area (Å²) in [5.74, 6) is 0.493. The lowest BCUT2D eigenvalue weighted by Gasteiger charge is -2.28. The van der Waals surface area contributed by atoms with Crippen LogP contribution in [0.3, 0.4) is 0 Å². The largest absolute Gasteiger partial charge is 0.327 e. The van der Waals surface area contributed by atoms with E-state index in [1.807, 2.05) is 30.0 Å². The second-order valence-electron chi connectivity index (χ2n) is 5.64. The van der Waals surface area contributed by atoms with E-state index < -0.39 is 0 Å². The molecule has 5 heteroatoms. The first-order valence-electron chi connectivity index (χ1n) is 7.07. The lowest BCUT2D eigenvalue weighted by Crippen LogP contribution is -2.33. The topological polar surface area (TPSA) is 43.8 Å². The van der Waals surface area contributed by atoms with Crippen LogP contribution in [0.25, 0.3) is 0 Å². The Labute approximate surface area is 132 Å². The summed E-state index contributed by atoms with van der Waals surface area (Å²) in [6.45, 7) is 2.02. The van der Waals surface area contributed by atoms with Crippen LogP contribution in [0.15, 0.2) is 15.9 Å². The van der Waals surface area contributed by atoms with Gasteiger partial charge in [0.05, 0.1) is 15.9 Å². The zero-order valence-corrected chi connectivity index (χ0v) is 14.3. The molecule has 2 heterocycles. The molecule has 0 radical (unpaired) electrons. The molecule has 0 fully saturated rings. The Morgan fingerprint density at radius 2 is 2.40 bits per heavy atom. The van der Waals surface area contributed by atoms with Crippen molar-refractivity contribution < 1.29 is 0 Å². The smallest absolute Gasteiger partial charge is 0.0738 e. The van der Waals surface area contributed by atoms with Crippen LogP contribution in [0.1, 0.15) is 40.6 Å². The quantitative estimate of drug-likeness (QED) is 0.916. The van der Waals surface area contributed by atoms with Crippen molar-refractivity contribution in [3.63, 3.8) is 0 Å². The Morgan fingerprint density at radius 3 is 3.10 bits per heavy atom. The maximum Gasteiger partial charge on any atom is 0.0738 e. The van der Waals surface area contributed by atoms with Gasteiger partial charge in [0.1, 0.15) is 0 Å². The zero-order valence-electron chi connectivity index (χ0n) is 11.9. The molecule has 108 valence electrons. The molecule has 0 bridgehead atoms. The second-order valence-corrected chi connectivity index (χ2v) is 7.43. The van der Waals surface area contributed by atoms with Crippen LogP contribution in [0.5, 0.6) is 0 Å². The highest BCUT2D eigenvalue weighted by molar-refractivity contribution is 9.10. The number of thiophene rings is 1. The van der Waals surface area contributed by atoms with Crippen molar-refractivity contribution >= 4 is 27.3 Å². The highest BCUT2D eigenvalue weighted by Gasteiger charge is 2.28. The van der Waals surface area contributed by atoms with Gasteiger partial charge in [-0.15, -0.1) is 11.3 Å². The predicted molar refractivity (Wildman–Crippen MR) is 87.3 cm³/mol. The SMILES string of the molecule is Cc1nn(C)c(CC(N)C2CCCc3sccc32)c1Br. The van der Waals surface area contributed by atoms with Crippen LogP contribution < -0.4 is 5.73 Å². The molecule has 1 aliphatic carbocycles. The summed E-state index contributed by atoms with van der Waals surface area (Å²) in [5.41, 5.74) is 10.3. The van der Waals surface area contributed by atoms with Crippen molar-refractivity contribution in [2.75, 3.05) is 0 Å². The number of rotatable bonds is 3. The average molecular weight is 354 g/mol. The maximum absolute atomic E-state index is 6.54. The summed E-state index contributed by atoms with van der Waals surface area (Å²) >= 11 is 5.52. The molecular formula is C15H20BrN3S. The average Bonchev–Trinajstić information content (AvgIpc) is 2.99. The number of nitrogens with zero attached hydrogens (tertiary/aromatic N) is 2. The third-order valence-corrected chi connectivity index (χ3v) is 6.33. The molecule has 0 amide bonds. The summed E-state index contributed by atoms with van der Waals surface area (Å²) < 4.78 is 3.06. The number of halogens is 1. The minimum absolute atomic E-state index is 0.162. The second kappa shape index (κ2) is 5.62. The third kappa shape index (κ3) is 2.47. The van der Waals surface area contributed by atoms with Gasteiger partial charge in [-0.1, -0.05) is 0 Å². The van der Waals surface area contributed by atoms with E-state index in [1.54, 1.807) is 0 Å². The van der Waals surface area contributed by atoms with Gasteiger partial charge in [0.15, 0.2) is 0 Å². The fourth-order valence-corrected chi connectivity index (χ4v) is 4.73. The van der Waals surface area contributed by atoms with Crippen molar-refractivity contribution in [1.82, 2.24) is 9.78 Å². The molecule has 2 atom stereocenters. The summed E-state index contributed by atoms with van der Waals surface area (Å²) in [7, 11) is 2.00. The molecule has 3 nitrogen and oxygen atoms in total. The summed E-state index contributed by atoms with van der Waals surface area (Å²) in [5, 5.41) is 6.67. The minimum atomic E-state index is 0.162. The van der Waals surface area contributed by atoms with E-state index in [0.29, 0.717) is 5.92 Å². The molecule has 2 aromatic rings. The van der Waals surface area contributed by atoms with E-state index in [9.17, 15) is 0 Å². The first-order chi connectivity index (χ1) is 9.58. The lowest BCUT2D eigenvalue weighted by molar-refractivity contribution is 0.455. The van der Waals surface area contributed by atoms with Gasteiger partial charge in [0.25, 0.3) is 0 Å². The van der Waals surface area contributed by atoms with E-state index in [0.717, 1.165) is 16.6 Å². The number of fused-ring (bicyclic) bond motifs is 1. The van der Waals surface area contributed by atoms with E-state index >= 15 is 0 Å². The number of aryl methyl sites for hydroxylation is 3. The number of hydrogen-bond donors (Lipinski definition) is 1. The molecule has 2 N–H and O–H groups in total. The Balaban J connectivity index is 1.83. The molecule has 0 aliphatic heterocycles. The number of hydrogen-bond acceptors (Lipinski definition) is 3. The molecule has 20 heavy (non-hydrogen) atoms. The van der Waals surface area contributed by atoms with Gasteiger partial charge in [-0.3, -0.25) is 4.68 Å². The van der Waals surface area contributed by atoms with Gasteiger partial charge in [-0.25, -0.2) is 0 Å². The number of aromatic nitrogens is 2. The molecule has 2 aromatic heterocycles. The Bertz CT molecular complexity index is 617. The van der Waals surface area contributed by atoms with Crippen LogP contribution >= 0.6 is 27.3 Å². The summed E-state index contributed by atoms with van der Waals surface area (Å²) in [6, 6.07) is 2.43. The lowest BCUT2D eigenvalue weighted by atomic mass is 9.81. The first kappa shape index (κ1) is 14.3. The molecule has 2 unspecified atom stereocenters. The minimum Gasteiger partial charge on any atom is -0.327 e. The Hall–Kier alpha value is -0.650. The third-order valence-electron chi connectivity index (χ3n) is 4.31. The standard InChI is InChI=1S/C15H20BrN3S/c1-9-15(16)13(19(2)18-9)8-12(17)10-4-3-5-14-11(10)6-7-20-14/h6-7,10,12H,3-5,8,17H2,1-2H3. The van der Waals surface area contributed by atoms with Gasteiger partial charge in [-0.2, -0.15) is 5.10 Å². The van der Waals surface area contributed by atoms with Crippen molar-refractivity contribution in [1.29, 1.82) is 0 Å². The van der Waals surface area contributed by atoms with Crippen LogP contribution in [0.4, 0.5) is 0 Å². The molecular weight excluding hydrogens is 334 g/mol. The fourth-order valence-electron chi connectivity index (χ4n) is 3.23. The van der Waals surface area contributed by atoms with Crippen molar-refractivity contribution in [2.24, 2.45) is 12.8 Å². The van der Waals surface area contributed by atoms with Gasteiger partial charge in [0, 0.05) is 30.3 Å². The van der Waals surface area contributed by atoms with Crippen molar-refractivity contribution in [2.45, 2.75) is 44.6 Å². The molecule has 0 saturated heterocycles. The highest BCUT2D eigenvalue weighted by atomic mass is 79.9. The van der Waals surface area contributed by atoms with Crippen molar-refractivity contribution in [3.05, 3.63) is 37.7 Å². The maximum atomic E-state index is 6.54. The fraction of sp³-hybridized carbons (Fsp3) is 0.533. The van der Waals surface area contributed by atoms with Crippen LogP contribution in [-0.4, -0.2) is 15.8 Å². The Kier molecular flexibility index (Phi) is 4.02. The predicted octanol–water partition coefficient (Wildman–Crippen LogP) is 3.54. The highest BCUT2D eigenvalue weighted by Crippen LogP contribution is 2.37. The van der Waals surface area contributed by atoms with Crippen LogP contribution in [0, 0.1) is 6.92 Å². The number of nitrogens with two attached hydrogens (primary N) is 1. The van der Waals surface area contributed by atoms with Gasteiger partial charge in [-0.05, 0) is 59.1 Å². The van der Waals surface area contributed by atoms with Gasteiger partial charge >= 0.3 is 0 Å². The zero-order chi connectivity index (χ0) is 14.3. The molecule has 3 rings (SSSR count). The van der Waals surface area contributed by atoms with E-state index in [2.05, 4.69) is 32.5 Å². The van der Waals surface area contributed by atoms with Crippen molar-refractivity contribution in [3.8, 4) is 0 Å². The monoisotopic (exact) mass is 353 g/mol. The molecule has 1 aliphatic rings. The van der Waals surface area contributed by atoms with Gasteiger partial charge in [0.2, 0.25) is 0 Å². The molecule has 0 saturated carbocycles. The Morgan fingerprint density at radius 1 is 1.60 bits per heavy atom. The van der Waals surface area contributed by atoms with Crippen LogP contribution in [-0.2, 0) is 19.9 Å².